The molecule has 1 aliphatic carbocycles. The van der Waals surface area contributed by atoms with Crippen LogP contribution in [-0.2, 0) is 0 Å². The number of thioether (sulfide) groups is 1. The Morgan fingerprint density at radius 1 is 1.56 bits per heavy atom. The van der Waals surface area contributed by atoms with Crippen LogP contribution in [0.15, 0.2) is 12.5 Å². The van der Waals surface area contributed by atoms with Crippen LogP contribution in [0.4, 0.5) is 5.82 Å². The summed E-state index contributed by atoms with van der Waals surface area (Å²) in [5.74, 6) is 2.19. The highest BCUT2D eigenvalue weighted by atomic mass is 127. The van der Waals surface area contributed by atoms with Crippen LogP contribution in [-0.4, -0.2) is 27.0 Å². The molecular formula is C11H16IN3S. The second kappa shape index (κ2) is 6.05. The molecule has 0 amide bonds. The third-order valence-corrected chi connectivity index (χ3v) is 4.94. The molecule has 1 aliphatic rings. The van der Waals surface area contributed by atoms with Crippen LogP contribution in [0.2, 0.25) is 0 Å². The van der Waals surface area contributed by atoms with Gasteiger partial charge in [-0.15, -0.1) is 0 Å². The van der Waals surface area contributed by atoms with Gasteiger partial charge in [-0.2, -0.15) is 11.8 Å². The molecular weight excluding hydrogens is 333 g/mol. The summed E-state index contributed by atoms with van der Waals surface area (Å²) in [5, 5.41) is 4.31. The summed E-state index contributed by atoms with van der Waals surface area (Å²) in [5.41, 5.74) is 0. The average Bonchev–Trinajstić information content (AvgIpc) is 2.70. The maximum atomic E-state index is 4.30. The summed E-state index contributed by atoms with van der Waals surface area (Å²) in [6.07, 6.45) is 7.39. The molecule has 2 unspecified atom stereocenters. The highest BCUT2D eigenvalue weighted by molar-refractivity contribution is 14.1. The SMILES string of the molecule is CCSC1CCCC1Nc1ncncc1I. The summed E-state index contributed by atoms with van der Waals surface area (Å²) in [4.78, 5) is 8.31. The molecule has 0 aromatic carbocycles. The van der Waals surface area contributed by atoms with E-state index >= 15 is 0 Å². The lowest BCUT2D eigenvalue weighted by atomic mass is 10.2. The van der Waals surface area contributed by atoms with Crippen molar-refractivity contribution < 1.29 is 0 Å². The van der Waals surface area contributed by atoms with Crippen LogP contribution in [0.5, 0.6) is 0 Å². The minimum Gasteiger partial charge on any atom is -0.365 e. The molecule has 2 rings (SSSR count). The molecule has 3 nitrogen and oxygen atoms in total. The van der Waals surface area contributed by atoms with Gasteiger partial charge in [0.15, 0.2) is 0 Å². The van der Waals surface area contributed by atoms with Crippen molar-refractivity contribution in [1.82, 2.24) is 9.97 Å². The van der Waals surface area contributed by atoms with Gasteiger partial charge in [0.25, 0.3) is 0 Å². The lowest BCUT2D eigenvalue weighted by Crippen LogP contribution is -2.27. The van der Waals surface area contributed by atoms with E-state index in [0.717, 1.165) is 14.6 Å². The second-order valence-corrected chi connectivity index (χ2v) is 6.57. The number of anilines is 1. The summed E-state index contributed by atoms with van der Waals surface area (Å²) in [6.45, 7) is 2.23. The summed E-state index contributed by atoms with van der Waals surface area (Å²) < 4.78 is 1.10. The van der Waals surface area contributed by atoms with E-state index in [1.54, 1.807) is 6.33 Å². The highest BCUT2D eigenvalue weighted by Crippen LogP contribution is 2.32. The first-order valence-electron chi connectivity index (χ1n) is 5.65. The van der Waals surface area contributed by atoms with Gasteiger partial charge >= 0.3 is 0 Å². The molecule has 5 heteroatoms. The van der Waals surface area contributed by atoms with Crippen LogP contribution in [0.25, 0.3) is 0 Å². The summed E-state index contributed by atoms with van der Waals surface area (Å²) in [7, 11) is 0. The Bertz CT molecular complexity index is 348. The minimum atomic E-state index is 0.577. The van der Waals surface area contributed by atoms with Gasteiger partial charge in [-0.3, -0.25) is 0 Å². The molecule has 0 radical (unpaired) electrons. The Morgan fingerprint density at radius 2 is 2.44 bits per heavy atom. The third-order valence-electron chi connectivity index (χ3n) is 2.82. The lowest BCUT2D eigenvalue weighted by Gasteiger charge is -2.21. The Kier molecular flexibility index (Phi) is 4.69. The van der Waals surface area contributed by atoms with Crippen molar-refractivity contribution in [3.05, 3.63) is 16.1 Å². The lowest BCUT2D eigenvalue weighted by molar-refractivity contribution is 0.760. The van der Waals surface area contributed by atoms with Crippen molar-refractivity contribution in [3.8, 4) is 0 Å². The van der Waals surface area contributed by atoms with Gasteiger partial charge in [-0.1, -0.05) is 13.3 Å². The number of hydrogen-bond donors (Lipinski definition) is 1. The quantitative estimate of drug-likeness (QED) is 0.848. The van der Waals surface area contributed by atoms with Crippen LogP contribution in [0.1, 0.15) is 26.2 Å². The number of nitrogens with one attached hydrogen (secondary N) is 1. The molecule has 88 valence electrons. The van der Waals surface area contributed by atoms with Crippen LogP contribution in [0.3, 0.4) is 0 Å². The van der Waals surface area contributed by atoms with E-state index in [0.29, 0.717) is 6.04 Å². The largest absolute Gasteiger partial charge is 0.365 e. The number of hydrogen-bond acceptors (Lipinski definition) is 4. The van der Waals surface area contributed by atoms with E-state index in [2.05, 4.69) is 56.6 Å². The van der Waals surface area contributed by atoms with E-state index in [9.17, 15) is 0 Å². The minimum absolute atomic E-state index is 0.577. The summed E-state index contributed by atoms with van der Waals surface area (Å²) in [6, 6.07) is 0.577. The molecule has 0 bridgehead atoms. The fourth-order valence-corrected chi connectivity index (χ4v) is 3.75. The normalized spacial score (nSPS) is 24.6. The monoisotopic (exact) mass is 349 g/mol. The maximum Gasteiger partial charge on any atom is 0.143 e. The van der Waals surface area contributed by atoms with Gasteiger partial charge in [0.1, 0.15) is 12.1 Å². The van der Waals surface area contributed by atoms with Gasteiger partial charge in [-0.25, -0.2) is 9.97 Å². The van der Waals surface area contributed by atoms with Gasteiger partial charge in [0, 0.05) is 17.5 Å². The van der Waals surface area contributed by atoms with Crippen molar-refractivity contribution in [2.24, 2.45) is 0 Å². The standard InChI is InChI=1S/C11H16IN3S/c1-2-16-10-5-3-4-9(10)15-11-8(12)6-13-7-14-11/h6-7,9-10H,2-5H2,1H3,(H,13,14,15). The van der Waals surface area contributed by atoms with Crippen molar-refractivity contribution in [3.63, 3.8) is 0 Å². The number of halogens is 1. The van der Waals surface area contributed by atoms with Gasteiger partial charge in [0.05, 0.1) is 3.57 Å². The molecule has 0 aliphatic heterocycles. The van der Waals surface area contributed by atoms with Crippen LogP contribution < -0.4 is 5.32 Å². The molecule has 0 saturated heterocycles. The van der Waals surface area contributed by atoms with Gasteiger partial charge < -0.3 is 5.32 Å². The first-order chi connectivity index (χ1) is 7.81. The van der Waals surface area contributed by atoms with Gasteiger partial charge in [0.2, 0.25) is 0 Å². The van der Waals surface area contributed by atoms with E-state index in [-0.39, 0.29) is 0 Å². The maximum absolute atomic E-state index is 4.30. The van der Waals surface area contributed by atoms with Crippen LogP contribution in [0, 0.1) is 3.57 Å². The van der Waals surface area contributed by atoms with Crippen LogP contribution >= 0.6 is 34.4 Å². The van der Waals surface area contributed by atoms with E-state index in [1.807, 2.05) is 6.20 Å². The fourth-order valence-electron chi connectivity index (χ4n) is 2.10. The molecule has 16 heavy (non-hydrogen) atoms. The Balaban J connectivity index is 2.01. The second-order valence-electron chi connectivity index (χ2n) is 3.89. The Labute approximate surface area is 114 Å². The molecule has 1 fully saturated rings. The highest BCUT2D eigenvalue weighted by Gasteiger charge is 2.27. The van der Waals surface area contributed by atoms with E-state index in [4.69, 9.17) is 0 Å². The first kappa shape index (κ1) is 12.4. The predicted octanol–water partition coefficient (Wildman–Crippen LogP) is 3.17. The van der Waals surface area contributed by atoms with Crippen molar-refractivity contribution >= 4 is 40.2 Å². The number of aromatic nitrogens is 2. The molecule has 1 aromatic rings. The molecule has 2 atom stereocenters. The third kappa shape index (κ3) is 3.00. The fraction of sp³-hybridized carbons (Fsp3) is 0.636. The van der Waals surface area contributed by atoms with Crippen molar-refractivity contribution in [1.29, 1.82) is 0 Å². The topological polar surface area (TPSA) is 37.8 Å². The Hall–Kier alpha value is -0.0400. The molecule has 1 N–H and O–H groups in total. The zero-order valence-corrected chi connectivity index (χ0v) is 12.3. The molecule has 1 saturated carbocycles. The predicted molar refractivity (Wildman–Crippen MR) is 77.9 cm³/mol. The molecule has 0 spiro atoms. The van der Waals surface area contributed by atoms with E-state index in [1.165, 1.54) is 25.0 Å². The first-order valence-corrected chi connectivity index (χ1v) is 7.77. The summed E-state index contributed by atoms with van der Waals surface area (Å²) >= 11 is 4.34. The van der Waals surface area contributed by atoms with Crippen molar-refractivity contribution in [2.45, 2.75) is 37.5 Å². The smallest absolute Gasteiger partial charge is 0.143 e. The zero-order valence-electron chi connectivity index (χ0n) is 9.32. The van der Waals surface area contributed by atoms with E-state index < -0.39 is 0 Å². The molecule has 1 heterocycles. The Morgan fingerprint density at radius 3 is 3.19 bits per heavy atom. The number of nitrogens with zero attached hydrogens (tertiary/aromatic N) is 2. The average molecular weight is 349 g/mol. The molecule has 1 aromatic heterocycles. The van der Waals surface area contributed by atoms with Crippen molar-refractivity contribution in [2.75, 3.05) is 11.1 Å². The zero-order chi connectivity index (χ0) is 11.4. The van der Waals surface area contributed by atoms with Gasteiger partial charge in [-0.05, 0) is 41.2 Å². The number of rotatable bonds is 4.